The van der Waals surface area contributed by atoms with Gasteiger partial charge in [-0.3, -0.25) is 0 Å². The summed E-state index contributed by atoms with van der Waals surface area (Å²) in [5.74, 6) is 0. The molecule has 0 saturated carbocycles. The van der Waals surface area contributed by atoms with Crippen molar-refractivity contribution in [2.45, 2.75) is 30.3 Å². The summed E-state index contributed by atoms with van der Waals surface area (Å²) in [5, 5.41) is 10.4. The Kier molecular flexibility index (Phi) is 5.34. The van der Waals surface area contributed by atoms with Crippen LogP contribution in [-0.2, 0) is 16.4 Å². The lowest BCUT2D eigenvalue weighted by Crippen LogP contribution is -2.40. The summed E-state index contributed by atoms with van der Waals surface area (Å²) in [6.45, 7) is 1.63. The molecule has 0 aliphatic rings. The van der Waals surface area contributed by atoms with E-state index in [0.717, 1.165) is 5.56 Å². The molecular formula is C17H21NO3S. The van der Waals surface area contributed by atoms with Crippen molar-refractivity contribution < 1.29 is 13.5 Å². The first-order valence-corrected chi connectivity index (χ1v) is 8.68. The molecule has 0 spiro atoms. The van der Waals surface area contributed by atoms with Crippen molar-refractivity contribution >= 4 is 10.0 Å². The van der Waals surface area contributed by atoms with E-state index in [4.69, 9.17) is 0 Å². The Hall–Kier alpha value is -1.69. The van der Waals surface area contributed by atoms with Crippen LogP contribution in [0.1, 0.15) is 18.9 Å². The summed E-state index contributed by atoms with van der Waals surface area (Å²) in [6, 6.07) is 18.0. The molecule has 2 aromatic rings. The number of sulfonamides is 1. The number of hydrogen-bond donors (Lipinski definition) is 2. The molecule has 0 saturated heterocycles. The molecule has 0 radical (unpaired) electrons. The van der Waals surface area contributed by atoms with E-state index in [1.54, 1.807) is 25.1 Å². The van der Waals surface area contributed by atoms with E-state index in [2.05, 4.69) is 4.72 Å². The van der Waals surface area contributed by atoms with Gasteiger partial charge in [0.15, 0.2) is 0 Å². The number of rotatable bonds is 7. The third-order valence-electron chi connectivity index (χ3n) is 3.49. The Balaban J connectivity index is 1.92. The summed E-state index contributed by atoms with van der Waals surface area (Å²) < 4.78 is 26.7. The first-order valence-electron chi connectivity index (χ1n) is 7.20. The van der Waals surface area contributed by atoms with Crippen molar-refractivity contribution in [2.75, 3.05) is 6.54 Å². The summed E-state index contributed by atoms with van der Waals surface area (Å²) in [4.78, 5) is 0.203. The molecule has 1 atom stereocenters. The minimum Gasteiger partial charge on any atom is -0.389 e. The van der Waals surface area contributed by atoms with E-state index in [1.165, 1.54) is 12.1 Å². The number of benzene rings is 2. The van der Waals surface area contributed by atoms with Gasteiger partial charge in [0, 0.05) is 6.54 Å². The fraction of sp³-hybridized carbons (Fsp3) is 0.294. The van der Waals surface area contributed by atoms with Crippen LogP contribution in [0.5, 0.6) is 0 Å². The minimum atomic E-state index is -3.59. The number of aliphatic hydroxyl groups is 1. The first-order chi connectivity index (χ1) is 10.4. The van der Waals surface area contributed by atoms with Gasteiger partial charge in [0.1, 0.15) is 0 Å². The van der Waals surface area contributed by atoms with Crippen LogP contribution in [0, 0.1) is 0 Å². The highest BCUT2D eigenvalue weighted by molar-refractivity contribution is 7.89. The van der Waals surface area contributed by atoms with E-state index < -0.39 is 15.6 Å². The normalized spacial score (nSPS) is 14.5. The van der Waals surface area contributed by atoms with Crippen LogP contribution in [0.15, 0.2) is 65.6 Å². The van der Waals surface area contributed by atoms with Crippen molar-refractivity contribution in [2.24, 2.45) is 0 Å². The van der Waals surface area contributed by atoms with Crippen molar-refractivity contribution in [1.82, 2.24) is 4.72 Å². The van der Waals surface area contributed by atoms with Gasteiger partial charge >= 0.3 is 0 Å². The van der Waals surface area contributed by atoms with E-state index in [-0.39, 0.29) is 11.4 Å². The maximum absolute atomic E-state index is 12.1. The second kappa shape index (κ2) is 7.05. The van der Waals surface area contributed by atoms with Gasteiger partial charge in [-0.05, 0) is 37.5 Å². The summed E-state index contributed by atoms with van der Waals surface area (Å²) in [7, 11) is -3.59. The lowest BCUT2D eigenvalue weighted by molar-refractivity contribution is 0.0565. The third kappa shape index (κ3) is 4.94. The zero-order chi connectivity index (χ0) is 16.1. The summed E-state index contributed by atoms with van der Waals surface area (Å²) in [6.07, 6.45) is 1.18. The smallest absolute Gasteiger partial charge is 0.240 e. The molecule has 0 aromatic heterocycles. The molecule has 0 fully saturated rings. The topological polar surface area (TPSA) is 66.4 Å². The van der Waals surface area contributed by atoms with Crippen LogP contribution in [0.3, 0.4) is 0 Å². The van der Waals surface area contributed by atoms with E-state index in [9.17, 15) is 13.5 Å². The largest absolute Gasteiger partial charge is 0.389 e. The Morgan fingerprint density at radius 1 is 1.00 bits per heavy atom. The molecule has 0 bridgehead atoms. The first kappa shape index (κ1) is 16.7. The van der Waals surface area contributed by atoms with Gasteiger partial charge in [0.25, 0.3) is 0 Å². The average molecular weight is 319 g/mol. The van der Waals surface area contributed by atoms with E-state index >= 15 is 0 Å². The predicted molar refractivity (Wildman–Crippen MR) is 87.0 cm³/mol. The molecule has 2 N–H and O–H groups in total. The molecule has 0 aliphatic heterocycles. The van der Waals surface area contributed by atoms with Crippen molar-refractivity contribution in [3.8, 4) is 0 Å². The third-order valence-corrected chi connectivity index (χ3v) is 4.91. The molecule has 0 amide bonds. The zero-order valence-corrected chi connectivity index (χ0v) is 13.4. The van der Waals surface area contributed by atoms with Crippen LogP contribution in [0.25, 0.3) is 0 Å². The molecule has 2 aromatic carbocycles. The Morgan fingerprint density at radius 2 is 1.55 bits per heavy atom. The monoisotopic (exact) mass is 319 g/mol. The summed E-state index contributed by atoms with van der Waals surface area (Å²) >= 11 is 0. The lowest BCUT2D eigenvalue weighted by atomic mass is 9.97. The second-order valence-electron chi connectivity index (χ2n) is 5.62. The molecule has 4 nitrogen and oxygen atoms in total. The maximum Gasteiger partial charge on any atom is 0.240 e. The highest BCUT2D eigenvalue weighted by Crippen LogP contribution is 2.15. The SMILES string of the molecule is CC(O)(CCc1ccccc1)CNS(=O)(=O)c1ccccc1. The van der Waals surface area contributed by atoms with Crippen LogP contribution in [-0.4, -0.2) is 25.7 Å². The maximum atomic E-state index is 12.1. The lowest BCUT2D eigenvalue weighted by Gasteiger charge is -2.23. The molecule has 118 valence electrons. The predicted octanol–water partition coefficient (Wildman–Crippen LogP) is 2.35. The Labute approximate surface area is 131 Å². The van der Waals surface area contributed by atoms with Gasteiger partial charge in [-0.1, -0.05) is 48.5 Å². The van der Waals surface area contributed by atoms with Gasteiger partial charge in [-0.15, -0.1) is 0 Å². The zero-order valence-electron chi connectivity index (χ0n) is 12.6. The Morgan fingerprint density at radius 3 is 2.14 bits per heavy atom. The van der Waals surface area contributed by atoms with Gasteiger partial charge in [-0.25, -0.2) is 13.1 Å². The van der Waals surface area contributed by atoms with Crippen molar-refractivity contribution in [3.63, 3.8) is 0 Å². The van der Waals surface area contributed by atoms with Crippen LogP contribution in [0.4, 0.5) is 0 Å². The average Bonchev–Trinajstić information content (AvgIpc) is 2.53. The van der Waals surface area contributed by atoms with E-state index in [1.807, 2.05) is 30.3 Å². The highest BCUT2D eigenvalue weighted by Gasteiger charge is 2.23. The molecular weight excluding hydrogens is 298 g/mol. The van der Waals surface area contributed by atoms with Crippen molar-refractivity contribution in [3.05, 3.63) is 66.2 Å². The minimum absolute atomic E-state index is 0.0168. The molecule has 0 heterocycles. The van der Waals surface area contributed by atoms with Gasteiger partial charge in [-0.2, -0.15) is 0 Å². The molecule has 22 heavy (non-hydrogen) atoms. The summed E-state index contributed by atoms with van der Waals surface area (Å²) in [5.41, 5.74) is 0.0196. The quantitative estimate of drug-likeness (QED) is 0.823. The van der Waals surface area contributed by atoms with Crippen LogP contribution in [0.2, 0.25) is 0 Å². The van der Waals surface area contributed by atoms with Crippen LogP contribution >= 0.6 is 0 Å². The standard InChI is InChI=1S/C17H21NO3S/c1-17(19,13-12-15-8-4-2-5-9-15)14-18-22(20,21)16-10-6-3-7-11-16/h2-11,18-19H,12-14H2,1H3. The highest BCUT2D eigenvalue weighted by atomic mass is 32.2. The van der Waals surface area contributed by atoms with Gasteiger partial charge in [0.05, 0.1) is 10.5 Å². The molecule has 5 heteroatoms. The molecule has 1 unspecified atom stereocenters. The van der Waals surface area contributed by atoms with Crippen molar-refractivity contribution in [1.29, 1.82) is 0 Å². The number of hydrogen-bond acceptors (Lipinski definition) is 3. The number of nitrogens with one attached hydrogen (secondary N) is 1. The fourth-order valence-electron chi connectivity index (χ4n) is 2.08. The number of aryl methyl sites for hydroxylation is 1. The molecule has 2 rings (SSSR count). The fourth-order valence-corrected chi connectivity index (χ4v) is 3.26. The Bertz CT molecular complexity index is 682. The van der Waals surface area contributed by atoms with Gasteiger partial charge < -0.3 is 5.11 Å². The van der Waals surface area contributed by atoms with E-state index in [0.29, 0.717) is 12.8 Å². The van der Waals surface area contributed by atoms with Gasteiger partial charge in [0.2, 0.25) is 10.0 Å². The van der Waals surface area contributed by atoms with Crippen LogP contribution < -0.4 is 4.72 Å². The second-order valence-corrected chi connectivity index (χ2v) is 7.39. The molecule has 0 aliphatic carbocycles.